The SMILES string of the molecule is COCC1NC(=O)C(CC(=O)NCCOCCO)CC=CCC(Cc2ccccc2)C(=O)OC1c1ccccc1. The van der Waals surface area contributed by atoms with Crippen molar-refractivity contribution in [3.05, 3.63) is 83.9 Å². The van der Waals surface area contributed by atoms with Crippen molar-refractivity contribution in [2.24, 2.45) is 11.8 Å². The number of ether oxygens (including phenoxy) is 3. The van der Waals surface area contributed by atoms with E-state index in [0.29, 0.717) is 19.3 Å². The highest BCUT2D eigenvalue weighted by atomic mass is 16.5. The lowest BCUT2D eigenvalue weighted by Crippen LogP contribution is -2.47. The van der Waals surface area contributed by atoms with Crippen LogP contribution in [0, 0.1) is 11.8 Å². The Kier molecular flexibility index (Phi) is 13.3. The summed E-state index contributed by atoms with van der Waals surface area (Å²) < 4.78 is 16.7. The number of aliphatic hydroxyl groups excluding tert-OH is 1. The molecule has 9 heteroatoms. The van der Waals surface area contributed by atoms with Gasteiger partial charge in [0, 0.05) is 20.1 Å². The normalized spacial score (nSPS) is 21.9. The van der Waals surface area contributed by atoms with Crippen LogP contribution in [0.4, 0.5) is 0 Å². The summed E-state index contributed by atoms with van der Waals surface area (Å²) in [4.78, 5) is 39.6. The van der Waals surface area contributed by atoms with Crippen molar-refractivity contribution in [2.45, 2.75) is 37.8 Å². The van der Waals surface area contributed by atoms with Gasteiger partial charge in [-0.05, 0) is 30.4 Å². The summed E-state index contributed by atoms with van der Waals surface area (Å²) in [6, 6.07) is 18.4. The molecular formula is C31H40N2O7. The number of hydrogen-bond donors (Lipinski definition) is 3. The Bertz CT molecular complexity index is 1080. The zero-order chi connectivity index (χ0) is 28.6. The minimum Gasteiger partial charge on any atom is -0.455 e. The van der Waals surface area contributed by atoms with E-state index in [-0.39, 0.29) is 57.2 Å². The fraction of sp³-hybridized carbons (Fsp3) is 0.452. The molecule has 0 saturated heterocycles. The average Bonchev–Trinajstić information content (AvgIpc) is 2.96. The predicted octanol–water partition coefficient (Wildman–Crippen LogP) is 2.74. The maximum atomic E-state index is 13.5. The molecule has 1 aliphatic rings. The number of carbonyl (C=O) groups is 3. The molecule has 3 rings (SSSR count). The van der Waals surface area contributed by atoms with Crippen LogP contribution in [-0.4, -0.2) is 69.0 Å². The number of aliphatic hydroxyl groups is 1. The van der Waals surface area contributed by atoms with Crippen molar-refractivity contribution in [1.82, 2.24) is 10.6 Å². The Hall–Kier alpha value is -3.53. The number of methoxy groups -OCH3 is 1. The predicted molar refractivity (Wildman–Crippen MR) is 150 cm³/mol. The number of amides is 2. The van der Waals surface area contributed by atoms with Crippen LogP contribution in [0.3, 0.4) is 0 Å². The molecule has 1 aliphatic heterocycles. The molecule has 0 spiro atoms. The van der Waals surface area contributed by atoms with Crippen LogP contribution in [0.15, 0.2) is 72.8 Å². The molecule has 0 aliphatic carbocycles. The summed E-state index contributed by atoms with van der Waals surface area (Å²) in [6.45, 7) is 0.773. The summed E-state index contributed by atoms with van der Waals surface area (Å²) >= 11 is 0. The Morgan fingerprint density at radius 3 is 2.35 bits per heavy atom. The molecule has 1 heterocycles. The molecule has 0 saturated carbocycles. The van der Waals surface area contributed by atoms with Crippen LogP contribution < -0.4 is 10.6 Å². The molecule has 4 unspecified atom stereocenters. The van der Waals surface area contributed by atoms with Crippen molar-refractivity contribution in [3.63, 3.8) is 0 Å². The standard InChI is InChI=1S/C31H40N2O7/c1-38-22-27-29(24-12-6-3-7-13-24)40-31(37)26(20-23-10-4-2-5-11-23)15-9-8-14-25(30(36)33-27)21-28(35)32-16-18-39-19-17-34/h2-13,25-27,29,34H,14-22H2,1H3,(H,32,35)(H,33,36). The van der Waals surface area contributed by atoms with Gasteiger partial charge in [0.05, 0.1) is 44.3 Å². The maximum Gasteiger partial charge on any atom is 0.310 e. The van der Waals surface area contributed by atoms with E-state index in [1.54, 1.807) is 0 Å². The molecule has 0 fully saturated rings. The molecular weight excluding hydrogens is 512 g/mol. The molecule has 2 aromatic rings. The molecule has 40 heavy (non-hydrogen) atoms. The van der Waals surface area contributed by atoms with Crippen molar-refractivity contribution in [2.75, 3.05) is 40.1 Å². The Balaban J connectivity index is 1.85. The molecule has 2 aromatic carbocycles. The number of esters is 1. The number of hydrogen-bond acceptors (Lipinski definition) is 7. The van der Waals surface area contributed by atoms with Crippen LogP contribution in [0.2, 0.25) is 0 Å². The Morgan fingerprint density at radius 1 is 1.00 bits per heavy atom. The van der Waals surface area contributed by atoms with Gasteiger partial charge in [-0.25, -0.2) is 0 Å². The summed E-state index contributed by atoms with van der Waals surface area (Å²) in [6.07, 6.45) is 4.24. The first kappa shape index (κ1) is 31.0. The molecule has 2 amide bonds. The van der Waals surface area contributed by atoms with Crippen molar-refractivity contribution in [3.8, 4) is 0 Å². The zero-order valence-corrected chi connectivity index (χ0v) is 23.0. The fourth-order valence-electron chi connectivity index (χ4n) is 4.62. The van der Waals surface area contributed by atoms with Crippen molar-refractivity contribution in [1.29, 1.82) is 0 Å². The minimum atomic E-state index is -0.780. The third kappa shape index (κ3) is 10.2. The van der Waals surface area contributed by atoms with Crippen LogP contribution in [0.25, 0.3) is 0 Å². The van der Waals surface area contributed by atoms with E-state index >= 15 is 0 Å². The second-order valence-electron chi connectivity index (χ2n) is 9.76. The second-order valence-corrected chi connectivity index (χ2v) is 9.76. The lowest BCUT2D eigenvalue weighted by molar-refractivity contribution is -0.158. The monoisotopic (exact) mass is 552 g/mol. The van der Waals surface area contributed by atoms with Crippen LogP contribution >= 0.6 is 0 Å². The van der Waals surface area contributed by atoms with E-state index in [0.717, 1.165) is 11.1 Å². The minimum absolute atomic E-state index is 0.0148. The van der Waals surface area contributed by atoms with Gasteiger partial charge in [-0.1, -0.05) is 72.8 Å². The third-order valence-corrected chi connectivity index (χ3v) is 6.68. The highest BCUT2D eigenvalue weighted by molar-refractivity contribution is 5.86. The highest BCUT2D eigenvalue weighted by Crippen LogP contribution is 2.27. The summed E-state index contributed by atoms with van der Waals surface area (Å²) in [5.74, 6) is -2.00. The smallest absolute Gasteiger partial charge is 0.310 e. The number of cyclic esters (lactones) is 1. The van der Waals surface area contributed by atoms with E-state index in [2.05, 4.69) is 10.6 Å². The van der Waals surface area contributed by atoms with Crippen LogP contribution in [0.1, 0.15) is 36.5 Å². The summed E-state index contributed by atoms with van der Waals surface area (Å²) in [5.41, 5.74) is 1.77. The lowest BCUT2D eigenvalue weighted by Gasteiger charge is -2.31. The van der Waals surface area contributed by atoms with Gasteiger partial charge in [0.25, 0.3) is 0 Å². The van der Waals surface area contributed by atoms with Gasteiger partial charge in [-0.3, -0.25) is 14.4 Å². The van der Waals surface area contributed by atoms with E-state index in [4.69, 9.17) is 19.3 Å². The topological polar surface area (TPSA) is 123 Å². The zero-order valence-electron chi connectivity index (χ0n) is 23.0. The molecule has 0 aromatic heterocycles. The van der Waals surface area contributed by atoms with Gasteiger partial charge in [0.2, 0.25) is 11.8 Å². The molecule has 216 valence electrons. The van der Waals surface area contributed by atoms with E-state index in [9.17, 15) is 14.4 Å². The van der Waals surface area contributed by atoms with Gasteiger partial charge in [0.1, 0.15) is 6.10 Å². The molecule has 4 atom stereocenters. The molecule has 0 radical (unpaired) electrons. The first-order valence-corrected chi connectivity index (χ1v) is 13.7. The van der Waals surface area contributed by atoms with Crippen LogP contribution in [-0.2, 0) is 35.0 Å². The van der Waals surface area contributed by atoms with Gasteiger partial charge in [0.15, 0.2) is 0 Å². The van der Waals surface area contributed by atoms with E-state index < -0.39 is 24.0 Å². The third-order valence-electron chi connectivity index (χ3n) is 6.68. The summed E-state index contributed by atoms with van der Waals surface area (Å²) in [7, 11) is 1.52. The van der Waals surface area contributed by atoms with Crippen LogP contribution in [0.5, 0.6) is 0 Å². The number of nitrogens with one attached hydrogen (secondary N) is 2. The summed E-state index contributed by atoms with van der Waals surface area (Å²) in [5, 5.41) is 14.6. The molecule has 3 N–H and O–H groups in total. The first-order valence-electron chi connectivity index (χ1n) is 13.7. The maximum absolute atomic E-state index is 13.5. The Morgan fingerprint density at radius 2 is 1.68 bits per heavy atom. The molecule has 9 nitrogen and oxygen atoms in total. The largest absolute Gasteiger partial charge is 0.455 e. The number of benzene rings is 2. The Labute approximate surface area is 235 Å². The highest BCUT2D eigenvalue weighted by Gasteiger charge is 2.33. The van der Waals surface area contributed by atoms with E-state index in [1.807, 2.05) is 72.8 Å². The van der Waals surface area contributed by atoms with E-state index in [1.165, 1.54) is 7.11 Å². The number of rotatable bonds is 12. The average molecular weight is 553 g/mol. The number of allylic oxidation sites excluding steroid dienone is 2. The van der Waals surface area contributed by atoms with Gasteiger partial charge < -0.3 is 30.0 Å². The van der Waals surface area contributed by atoms with Gasteiger partial charge >= 0.3 is 5.97 Å². The first-order chi connectivity index (χ1) is 19.5. The second kappa shape index (κ2) is 17.2. The fourth-order valence-corrected chi connectivity index (χ4v) is 4.62. The lowest BCUT2D eigenvalue weighted by atomic mass is 9.93. The number of carbonyl (C=O) groups excluding carboxylic acids is 3. The van der Waals surface area contributed by atoms with Crippen molar-refractivity contribution >= 4 is 17.8 Å². The quantitative estimate of drug-likeness (QED) is 0.210. The van der Waals surface area contributed by atoms with Gasteiger partial charge in [-0.2, -0.15) is 0 Å². The van der Waals surface area contributed by atoms with Gasteiger partial charge in [-0.15, -0.1) is 0 Å². The molecule has 0 bridgehead atoms. The van der Waals surface area contributed by atoms with Crippen molar-refractivity contribution < 1.29 is 33.7 Å².